The Morgan fingerprint density at radius 1 is 0.686 bits per heavy atom. The third-order valence-electron chi connectivity index (χ3n) is 11.3. The van der Waals surface area contributed by atoms with E-state index in [4.69, 9.17) is 9.84 Å². The largest absolute Gasteiger partial charge is 0.506 e. The summed E-state index contributed by atoms with van der Waals surface area (Å²) in [6, 6.07) is 17.6. The number of benzene rings is 3. The van der Waals surface area contributed by atoms with E-state index in [2.05, 4.69) is 36.6 Å². The average Bonchev–Trinajstić information content (AvgIpc) is 3.80. The lowest BCUT2D eigenvalue weighted by Crippen LogP contribution is -2.58. The molecule has 1 saturated heterocycles. The van der Waals surface area contributed by atoms with E-state index in [1.54, 1.807) is 48.5 Å². The maximum Gasteiger partial charge on any atom is 0.506 e. The van der Waals surface area contributed by atoms with Gasteiger partial charge in [-0.05, 0) is 112 Å². The number of nitrogens with one attached hydrogen (secondary N) is 6. The molecule has 70 heavy (non-hydrogen) atoms. The molecule has 3 aromatic carbocycles. The monoisotopic (exact) mass is 970 g/mol. The molecule has 7 N–H and O–H groups in total. The molecule has 0 bridgehead atoms. The number of rotatable bonds is 24. The van der Waals surface area contributed by atoms with Gasteiger partial charge in [-0.15, -0.1) is 0 Å². The van der Waals surface area contributed by atoms with Gasteiger partial charge in [-0.3, -0.25) is 33.6 Å². The van der Waals surface area contributed by atoms with Gasteiger partial charge >= 0.3 is 6.16 Å². The van der Waals surface area contributed by atoms with E-state index in [9.17, 15) is 38.4 Å². The highest BCUT2D eigenvalue weighted by Gasteiger charge is 2.35. The molecule has 3 aromatic rings. The summed E-state index contributed by atoms with van der Waals surface area (Å²) >= 11 is 0. The second-order valence-corrected chi connectivity index (χ2v) is 19.5. The van der Waals surface area contributed by atoms with Crippen LogP contribution in [-0.4, -0.2) is 106 Å². The molecule has 0 saturated carbocycles. The third-order valence-corrected chi connectivity index (χ3v) is 11.3. The Kier molecular flexibility index (Phi) is 21.2. The van der Waals surface area contributed by atoms with Crippen LogP contribution >= 0.6 is 0 Å². The van der Waals surface area contributed by atoms with Crippen molar-refractivity contribution < 1.29 is 52.9 Å². The van der Waals surface area contributed by atoms with Crippen LogP contribution in [0.5, 0.6) is 5.75 Å². The minimum Gasteiger partial charge on any atom is -0.488 e. The molecule has 18 heteroatoms. The van der Waals surface area contributed by atoms with Crippen LogP contribution in [0.4, 0.5) is 10.5 Å². The van der Waals surface area contributed by atoms with Gasteiger partial charge in [0.15, 0.2) is 0 Å². The van der Waals surface area contributed by atoms with Gasteiger partial charge in [0, 0.05) is 25.6 Å². The van der Waals surface area contributed by atoms with Gasteiger partial charge in [0.2, 0.25) is 41.4 Å². The van der Waals surface area contributed by atoms with Crippen molar-refractivity contribution in [2.75, 3.05) is 18.4 Å². The van der Waals surface area contributed by atoms with Crippen molar-refractivity contribution in [3.8, 4) is 5.75 Å². The topological polar surface area (TPSA) is 251 Å². The Balaban J connectivity index is 1.55. The first-order valence-electron chi connectivity index (χ1n) is 23.9. The molecule has 1 aliphatic rings. The fourth-order valence-electron chi connectivity index (χ4n) is 7.95. The molecule has 0 radical (unpaired) electrons. The standard InChI is InChI=1S/C52H71N7O11/c1-32(2)27-41(58-50(66)44-15-12-26-59(44)34(5)60)46(62)53-30-45(61)55-40(25-20-35-13-10-9-11-14-35)47(63)57-43(29-36-18-23-39(24-19-36)70-52(6,7)8)49(65)56-42(28-33(3)4)48(64)54-38-21-16-37(17-22-38)31-69-51(67)68/h9-11,13-14,16-19,21-24,32-33,40-44H,12,15,20,25-31H2,1-8H3,(H,53,62)(H,54,64)(H,55,61)(H,56,65)(H,57,63)(H,58,66)(H,67,68)/t40-,41-,42-,43-,44-/m0/s1. The molecule has 7 amide bonds. The van der Waals surface area contributed by atoms with E-state index in [1.807, 2.05) is 78.8 Å². The van der Waals surface area contributed by atoms with Gasteiger partial charge in [0.1, 0.15) is 48.2 Å². The predicted octanol–water partition coefficient (Wildman–Crippen LogP) is 5.03. The number of ether oxygens (including phenoxy) is 2. The summed E-state index contributed by atoms with van der Waals surface area (Å²) < 4.78 is 10.6. The normalized spacial score (nSPS) is 15.2. The minimum atomic E-state index is -1.42. The Bertz CT molecular complexity index is 2250. The first kappa shape index (κ1) is 55.6. The minimum absolute atomic E-state index is 0.00727. The summed E-state index contributed by atoms with van der Waals surface area (Å²) in [5, 5.41) is 25.5. The summed E-state index contributed by atoms with van der Waals surface area (Å²) in [5.41, 5.74) is 2.04. The van der Waals surface area contributed by atoms with Crippen LogP contribution in [0.25, 0.3) is 0 Å². The number of hydrogen-bond acceptors (Lipinski definition) is 10. The number of carboxylic acid groups (broad SMARTS) is 1. The number of hydrogen-bond donors (Lipinski definition) is 7. The maximum atomic E-state index is 14.4. The molecule has 4 rings (SSSR count). The Morgan fingerprint density at radius 3 is 1.86 bits per heavy atom. The van der Waals surface area contributed by atoms with Gasteiger partial charge in [-0.1, -0.05) is 82.3 Å². The van der Waals surface area contributed by atoms with Crippen molar-refractivity contribution in [1.29, 1.82) is 0 Å². The molecular formula is C52H71N7O11. The fourth-order valence-corrected chi connectivity index (χ4v) is 7.95. The van der Waals surface area contributed by atoms with E-state index < -0.39 is 84.0 Å². The second-order valence-electron chi connectivity index (χ2n) is 19.5. The van der Waals surface area contributed by atoms with Gasteiger partial charge in [0.05, 0.1) is 6.54 Å². The van der Waals surface area contributed by atoms with Crippen molar-refractivity contribution >= 4 is 53.2 Å². The smallest absolute Gasteiger partial charge is 0.488 e. The Labute approximate surface area is 410 Å². The van der Waals surface area contributed by atoms with Crippen molar-refractivity contribution in [3.63, 3.8) is 0 Å². The molecular weight excluding hydrogens is 899 g/mol. The molecule has 1 fully saturated rings. The first-order valence-corrected chi connectivity index (χ1v) is 23.9. The number of amides is 7. The van der Waals surface area contributed by atoms with Gasteiger partial charge < -0.3 is 51.4 Å². The molecule has 18 nitrogen and oxygen atoms in total. The van der Waals surface area contributed by atoms with Crippen LogP contribution in [0, 0.1) is 11.8 Å². The van der Waals surface area contributed by atoms with Crippen LogP contribution in [0.3, 0.4) is 0 Å². The summed E-state index contributed by atoms with van der Waals surface area (Å²) in [5.74, 6) is -3.30. The Morgan fingerprint density at radius 2 is 1.27 bits per heavy atom. The van der Waals surface area contributed by atoms with Crippen molar-refractivity contribution in [3.05, 3.63) is 95.6 Å². The highest BCUT2D eigenvalue weighted by Crippen LogP contribution is 2.21. The molecule has 1 heterocycles. The molecule has 0 spiro atoms. The maximum absolute atomic E-state index is 14.4. The van der Waals surface area contributed by atoms with Gasteiger partial charge in [-0.25, -0.2) is 4.79 Å². The van der Waals surface area contributed by atoms with E-state index >= 15 is 0 Å². The van der Waals surface area contributed by atoms with Crippen molar-refractivity contribution in [2.45, 2.75) is 143 Å². The van der Waals surface area contributed by atoms with E-state index in [1.165, 1.54) is 11.8 Å². The zero-order chi connectivity index (χ0) is 51.5. The molecule has 5 atom stereocenters. The lowest BCUT2D eigenvalue weighted by molar-refractivity contribution is -0.138. The predicted molar refractivity (Wildman–Crippen MR) is 263 cm³/mol. The zero-order valence-corrected chi connectivity index (χ0v) is 41.6. The molecule has 0 aromatic heterocycles. The van der Waals surface area contributed by atoms with Crippen LogP contribution in [-0.2, 0) is 57.7 Å². The summed E-state index contributed by atoms with van der Waals surface area (Å²) in [6.07, 6.45) is 0.685. The quantitative estimate of drug-likeness (QED) is 0.0587. The summed E-state index contributed by atoms with van der Waals surface area (Å²) in [7, 11) is 0. The fraction of sp³-hybridized carbons (Fsp3) is 0.500. The van der Waals surface area contributed by atoms with E-state index in [-0.39, 0.29) is 50.0 Å². The number of anilines is 1. The molecule has 1 aliphatic heterocycles. The lowest BCUT2D eigenvalue weighted by Gasteiger charge is -2.27. The van der Waals surface area contributed by atoms with E-state index in [0.717, 1.165) is 5.56 Å². The number of aryl methyl sites for hydroxylation is 1. The van der Waals surface area contributed by atoms with Crippen molar-refractivity contribution in [2.24, 2.45) is 11.8 Å². The second kappa shape index (κ2) is 26.7. The summed E-state index contributed by atoms with van der Waals surface area (Å²) in [4.78, 5) is 108. The van der Waals surface area contributed by atoms with Crippen LogP contribution in [0.1, 0.15) is 104 Å². The summed E-state index contributed by atoms with van der Waals surface area (Å²) in [6.45, 7) is 14.5. The number of carbonyl (C=O) groups excluding carboxylic acids is 7. The average molecular weight is 970 g/mol. The number of nitrogens with zero attached hydrogens (tertiary/aromatic N) is 1. The Hall–Kier alpha value is -6.98. The van der Waals surface area contributed by atoms with Gasteiger partial charge in [-0.2, -0.15) is 0 Å². The van der Waals surface area contributed by atoms with Crippen LogP contribution in [0.15, 0.2) is 78.9 Å². The van der Waals surface area contributed by atoms with Crippen LogP contribution in [0.2, 0.25) is 0 Å². The molecule has 0 unspecified atom stereocenters. The first-order chi connectivity index (χ1) is 33.1. The molecule has 0 aliphatic carbocycles. The number of likely N-dealkylation sites (tertiary alicyclic amines) is 1. The zero-order valence-electron chi connectivity index (χ0n) is 41.6. The SMILES string of the molecule is CC(=O)N1CCC[C@H]1C(=O)N[C@@H](CC(C)C)C(=O)NCC(=O)N[C@@H](CCc1ccccc1)C(=O)N[C@@H](Cc1ccc(OC(C)(C)C)cc1)C(=O)N[C@@H](CC(C)C)C(=O)Nc1ccc(COC(=O)O)cc1. The van der Waals surface area contributed by atoms with E-state index in [0.29, 0.717) is 48.4 Å². The lowest BCUT2D eigenvalue weighted by atomic mass is 10.00. The number of carbonyl (C=O) groups is 8. The highest BCUT2D eigenvalue weighted by molar-refractivity contribution is 5.99. The molecule has 380 valence electrons. The highest BCUT2D eigenvalue weighted by atomic mass is 16.7. The van der Waals surface area contributed by atoms with Gasteiger partial charge in [0.25, 0.3) is 0 Å². The third kappa shape index (κ3) is 19.2. The van der Waals surface area contributed by atoms with Crippen molar-refractivity contribution in [1.82, 2.24) is 31.5 Å². The van der Waals surface area contributed by atoms with Crippen LogP contribution < -0.4 is 36.6 Å².